The second-order valence-electron chi connectivity index (χ2n) is 23.4. The molecule has 5 aromatic rings. The first kappa shape index (κ1) is 59.0. The van der Waals surface area contributed by atoms with Crippen molar-refractivity contribution in [3.8, 4) is 0 Å². The van der Waals surface area contributed by atoms with Gasteiger partial charge in [0.05, 0.1) is 64.5 Å². The van der Waals surface area contributed by atoms with Gasteiger partial charge in [0.25, 0.3) is 0 Å². The Morgan fingerprint density at radius 3 is 1.03 bits per heavy atom. The minimum Gasteiger partial charge on any atom is -0.454 e. The first-order chi connectivity index (χ1) is 33.8. The van der Waals surface area contributed by atoms with Crippen molar-refractivity contribution in [2.45, 2.75) is 203 Å². The molecule has 0 heterocycles. The number of carbonyl (C=O) groups excluding carboxylic acids is 4. The van der Waals surface area contributed by atoms with Gasteiger partial charge in [-0.05, 0) is 186 Å². The molecule has 0 aliphatic carbocycles. The average Bonchev–Trinajstić information content (AvgIpc) is 3.34. The maximum Gasteiger partial charge on any atom is 0.357 e. The van der Waals surface area contributed by atoms with Gasteiger partial charge >= 0.3 is 23.9 Å². The maximum atomic E-state index is 14.8. The number of ether oxygens (including phenoxy) is 7. The van der Waals surface area contributed by atoms with Gasteiger partial charge in [-0.3, -0.25) is 0 Å². The zero-order chi connectivity index (χ0) is 54.7. The Bertz CT molecular complexity index is 2760. The molecule has 0 amide bonds. The zero-order valence-corrected chi connectivity index (χ0v) is 47.5. The molecule has 0 radical (unpaired) electrons. The lowest BCUT2D eigenvalue weighted by Gasteiger charge is -2.33. The monoisotopic (exact) mass is 1010 g/mol. The third-order valence-electron chi connectivity index (χ3n) is 14.4. The third-order valence-corrected chi connectivity index (χ3v) is 14.4. The molecular weight excluding hydrogens is 927 g/mol. The van der Waals surface area contributed by atoms with Crippen LogP contribution in [-0.4, -0.2) is 101 Å². The van der Waals surface area contributed by atoms with Gasteiger partial charge in [-0.25, -0.2) is 19.2 Å². The normalized spacial score (nSPS) is 14.7. The van der Waals surface area contributed by atoms with E-state index in [0.717, 1.165) is 19.3 Å². The summed E-state index contributed by atoms with van der Waals surface area (Å²) in [7, 11) is 0. The first-order valence-electron chi connectivity index (χ1n) is 26.2. The fraction of sp³-hybridized carbons (Fsp3) is 0.600. The Morgan fingerprint density at radius 2 is 0.712 bits per heavy atom. The lowest BCUT2D eigenvalue weighted by atomic mass is 9.84. The van der Waals surface area contributed by atoms with Crippen LogP contribution in [0, 0.1) is 0 Å². The molecule has 73 heavy (non-hydrogen) atoms. The van der Waals surface area contributed by atoms with E-state index >= 15 is 0 Å². The number of carbonyl (C=O) groups is 4. The molecule has 13 nitrogen and oxygen atoms in total. The molecule has 0 aliphatic rings. The van der Waals surface area contributed by atoms with Crippen LogP contribution in [0.1, 0.15) is 205 Å². The molecule has 0 saturated heterocycles. The van der Waals surface area contributed by atoms with E-state index < -0.39 is 63.1 Å². The average molecular weight is 1010 g/mol. The number of nitrogens with zero attached hydrogens (tertiary/aromatic N) is 1. The van der Waals surface area contributed by atoms with Crippen LogP contribution in [0.5, 0.6) is 0 Å². The summed E-state index contributed by atoms with van der Waals surface area (Å²) in [5, 5.41) is 5.87. The summed E-state index contributed by atoms with van der Waals surface area (Å²) < 4.78 is 43.8. The first-order valence-corrected chi connectivity index (χ1v) is 26.2. The smallest absolute Gasteiger partial charge is 0.357 e. The van der Waals surface area contributed by atoms with Gasteiger partial charge in [-0.2, -0.15) is 0 Å². The number of benzene rings is 5. The van der Waals surface area contributed by atoms with Gasteiger partial charge in [-0.1, -0.05) is 58.9 Å². The molecule has 0 aliphatic heterocycles. The second-order valence-corrected chi connectivity index (χ2v) is 23.4. The van der Waals surface area contributed by atoms with Crippen molar-refractivity contribution in [2.24, 2.45) is 0 Å². The van der Waals surface area contributed by atoms with Crippen molar-refractivity contribution in [1.82, 2.24) is 5.06 Å². The molecular formula is C60H85NO12. The lowest BCUT2D eigenvalue weighted by Crippen LogP contribution is -2.40. The molecule has 0 N–H and O–H groups in total. The van der Waals surface area contributed by atoms with Gasteiger partial charge in [0, 0.05) is 17.3 Å². The number of esters is 3. The van der Waals surface area contributed by atoms with Gasteiger partial charge in [0.1, 0.15) is 23.5 Å². The highest BCUT2D eigenvalue weighted by atomic mass is 16.7. The quantitative estimate of drug-likeness (QED) is 0.0137. The predicted octanol–water partition coefficient (Wildman–Crippen LogP) is 14.1. The fourth-order valence-electron chi connectivity index (χ4n) is 7.86. The molecule has 0 aromatic heterocycles. The van der Waals surface area contributed by atoms with E-state index in [2.05, 4.69) is 0 Å². The van der Waals surface area contributed by atoms with Crippen LogP contribution in [-0.2, 0) is 38.0 Å². The Labute approximate surface area is 434 Å². The Kier molecular flexibility index (Phi) is 18.2. The topological polar surface area (TPSA) is 145 Å². The van der Waals surface area contributed by atoms with E-state index in [9.17, 15) is 19.2 Å². The molecule has 5 aromatic carbocycles. The fourth-order valence-corrected chi connectivity index (χ4v) is 7.86. The Morgan fingerprint density at radius 1 is 0.384 bits per heavy atom. The van der Waals surface area contributed by atoms with E-state index in [1.807, 2.05) is 142 Å². The predicted molar refractivity (Wildman–Crippen MR) is 290 cm³/mol. The van der Waals surface area contributed by atoms with E-state index in [4.69, 9.17) is 38.0 Å². The van der Waals surface area contributed by atoms with Crippen LogP contribution >= 0.6 is 0 Å². The Hall–Kier alpha value is -4.92. The van der Waals surface area contributed by atoms with Crippen molar-refractivity contribution in [2.75, 3.05) is 33.1 Å². The summed E-state index contributed by atoms with van der Waals surface area (Å²) in [6.07, 6.45) is 3.18. The van der Waals surface area contributed by atoms with Crippen molar-refractivity contribution in [3.63, 3.8) is 0 Å². The van der Waals surface area contributed by atoms with Crippen LogP contribution in [0.15, 0.2) is 48.5 Å². The Balaban J connectivity index is 1.82. The SMILES string of the molecule is CCN(COC(C)(C)C)OC(=O)c1ccc2c3ccc(C(=O)OC(C)(CC)COC(C)(C)CC)c4c(C(=O)OC(C)(C)COC(C)(C)CC)ccc(c5ccc(C(=O)OC(C)(CC)COC(C)(C)CC)c1c52)c43. The van der Waals surface area contributed by atoms with Crippen LogP contribution in [0.3, 0.4) is 0 Å². The van der Waals surface area contributed by atoms with Crippen molar-refractivity contribution in [3.05, 3.63) is 70.8 Å². The molecule has 2 atom stereocenters. The summed E-state index contributed by atoms with van der Waals surface area (Å²) in [5.74, 6) is -2.63. The van der Waals surface area contributed by atoms with Crippen LogP contribution in [0.2, 0.25) is 0 Å². The van der Waals surface area contributed by atoms with Crippen molar-refractivity contribution < 1.29 is 57.2 Å². The van der Waals surface area contributed by atoms with Crippen molar-refractivity contribution >= 4 is 67.0 Å². The molecule has 5 rings (SSSR count). The van der Waals surface area contributed by atoms with E-state index in [0.29, 0.717) is 62.5 Å². The van der Waals surface area contributed by atoms with Gasteiger partial charge < -0.3 is 38.0 Å². The van der Waals surface area contributed by atoms with Gasteiger partial charge in [0.2, 0.25) is 0 Å². The number of fused-ring (bicyclic) bond motifs is 2. The number of hydrogen-bond acceptors (Lipinski definition) is 13. The minimum absolute atomic E-state index is 0.0118. The molecule has 2 unspecified atom stereocenters. The molecule has 0 spiro atoms. The van der Waals surface area contributed by atoms with Crippen LogP contribution in [0.4, 0.5) is 0 Å². The number of hydrogen-bond donors (Lipinski definition) is 0. The largest absolute Gasteiger partial charge is 0.454 e. The van der Waals surface area contributed by atoms with Gasteiger partial charge in [-0.15, -0.1) is 5.06 Å². The van der Waals surface area contributed by atoms with Crippen LogP contribution in [0.25, 0.3) is 43.1 Å². The lowest BCUT2D eigenvalue weighted by molar-refractivity contribution is -0.189. The minimum atomic E-state index is -1.05. The summed E-state index contributed by atoms with van der Waals surface area (Å²) in [6, 6.07) is 13.9. The van der Waals surface area contributed by atoms with Crippen molar-refractivity contribution in [1.29, 1.82) is 0 Å². The summed E-state index contributed by atoms with van der Waals surface area (Å²) in [6.45, 7) is 37.6. The summed E-state index contributed by atoms with van der Waals surface area (Å²) in [4.78, 5) is 65.0. The third kappa shape index (κ3) is 14.1. The van der Waals surface area contributed by atoms with E-state index in [-0.39, 0.29) is 48.8 Å². The number of hydroxylamine groups is 2. The molecule has 13 heteroatoms. The maximum absolute atomic E-state index is 14.8. The highest BCUT2D eigenvalue weighted by molar-refractivity contribution is 6.38. The molecule has 0 saturated carbocycles. The van der Waals surface area contributed by atoms with E-state index in [1.54, 1.807) is 38.1 Å². The van der Waals surface area contributed by atoms with Gasteiger partial charge in [0.15, 0.2) is 0 Å². The highest BCUT2D eigenvalue weighted by Crippen LogP contribution is 2.45. The zero-order valence-electron chi connectivity index (χ0n) is 47.5. The molecule has 0 bridgehead atoms. The molecule has 0 fully saturated rings. The highest BCUT2D eigenvalue weighted by Gasteiger charge is 2.37. The second kappa shape index (κ2) is 22.5. The standard InChI is InChI=1S/C60H85NO12/c1-20-55(10,11)66-34-58(16,17)70-50(62)42-30-26-38-40-28-32-44(52(64)72-60(19,24-5)36-68-57(14,15)22-3)49-45(53(65)73-61(25-6)37-69-54(7,8)9)33-29-41(47(40)49)39-27-31-43(48(42)46(38)39)51(63)71-59(18,23-4)35-67-56(12,13)21-2/h26-33H,20-25,34-37H2,1-19H3. The molecule has 402 valence electrons. The summed E-state index contributed by atoms with van der Waals surface area (Å²) >= 11 is 0. The number of rotatable bonds is 25. The van der Waals surface area contributed by atoms with Crippen LogP contribution < -0.4 is 0 Å². The van der Waals surface area contributed by atoms with E-state index in [1.165, 1.54) is 5.06 Å². The summed E-state index contributed by atoms with van der Waals surface area (Å²) in [5.41, 5.74) is -4.33.